The zero-order chi connectivity index (χ0) is 11.5. The molecule has 2 rings (SSSR count). The van der Waals surface area contributed by atoms with Crippen LogP contribution >= 0.6 is 15.9 Å². The highest BCUT2D eigenvalue weighted by atomic mass is 79.9. The predicted octanol–water partition coefficient (Wildman–Crippen LogP) is 3.20. The van der Waals surface area contributed by atoms with Gasteiger partial charge in [-0.1, -0.05) is 15.9 Å². The summed E-state index contributed by atoms with van der Waals surface area (Å²) >= 11 is 3.54. The fourth-order valence-corrected chi connectivity index (χ4v) is 2.43. The molecule has 0 atom stereocenters. The lowest BCUT2D eigenvalue weighted by Gasteiger charge is -2.25. The van der Waals surface area contributed by atoms with Gasteiger partial charge < -0.3 is 10.1 Å². The van der Waals surface area contributed by atoms with Gasteiger partial charge in [0.15, 0.2) is 0 Å². The molecule has 0 unspecified atom stereocenters. The van der Waals surface area contributed by atoms with E-state index < -0.39 is 0 Å². The van der Waals surface area contributed by atoms with Gasteiger partial charge in [0.1, 0.15) is 11.9 Å². The van der Waals surface area contributed by atoms with Crippen molar-refractivity contribution in [2.45, 2.75) is 32.8 Å². The van der Waals surface area contributed by atoms with Gasteiger partial charge in [0.05, 0.1) is 0 Å². The van der Waals surface area contributed by atoms with Crippen LogP contribution in [0.3, 0.4) is 0 Å². The van der Waals surface area contributed by atoms with Crippen LogP contribution in [-0.4, -0.2) is 19.2 Å². The lowest BCUT2D eigenvalue weighted by molar-refractivity contribution is 0.161. The van der Waals surface area contributed by atoms with Gasteiger partial charge in [-0.3, -0.25) is 0 Å². The first kappa shape index (κ1) is 11.9. The molecule has 0 spiro atoms. The Morgan fingerprint density at radius 3 is 2.56 bits per heavy atom. The van der Waals surface area contributed by atoms with Crippen molar-refractivity contribution in [3.63, 3.8) is 0 Å². The minimum Gasteiger partial charge on any atom is -0.490 e. The molecule has 0 amide bonds. The molecule has 3 heteroatoms. The van der Waals surface area contributed by atoms with E-state index in [9.17, 15) is 0 Å². The van der Waals surface area contributed by atoms with E-state index in [0.29, 0.717) is 6.10 Å². The summed E-state index contributed by atoms with van der Waals surface area (Å²) in [6.07, 6.45) is 2.59. The number of hydrogen-bond donors (Lipinski definition) is 1. The maximum Gasteiger partial charge on any atom is 0.122 e. The molecule has 0 aromatic heterocycles. The fraction of sp³-hybridized carbons (Fsp3) is 0.538. The molecule has 88 valence electrons. The largest absolute Gasteiger partial charge is 0.490 e. The number of benzene rings is 1. The van der Waals surface area contributed by atoms with Crippen LogP contribution in [0.15, 0.2) is 16.6 Å². The Hall–Kier alpha value is -0.540. The highest BCUT2D eigenvalue weighted by Gasteiger charge is 2.15. The van der Waals surface area contributed by atoms with Gasteiger partial charge in [0, 0.05) is 4.47 Å². The normalized spacial score (nSPS) is 17.4. The van der Waals surface area contributed by atoms with Gasteiger partial charge in [0.2, 0.25) is 0 Å². The van der Waals surface area contributed by atoms with Crippen molar-refractivity contribution in [3.05, 3.63) is 27.7 Å². The maximum atomic E-state index is 6.06. The summed E-state index contributed by atoms with van der Waals surface area (Å²) in [5.74, 6) is 1.03. The number of rotatable bonds is 2. The third-order valence-electron chi connectivity index (χ3n) is 3.04. The highest BCUT2D eigenvalue weighted by Crippen LogP contribution is 2.28. The summed E-state index contributed by atoms with van der Waals surface area (Å²) in [5, 5.41) is 3.35. The quantitative estimate of drug-likeness (QED) is 0.900. The number of nitrogens with one attached hydrogen (secondary N) is 1. The van der Waals surface area contributed by atoms with Gasteiger partial charge in [0.25, 0.3) is 0 Å². The minimum atomic E-state index is 0.375. The third kappa shape index (κ3) is 2.77. The average Bonchev–Trinajstić information content (AvgIpc) is 2.27. The Morgan fingerprint density at radius 2 is 1.88 bits per heavy atom. The smallest absolute Gasteiger partial charge is 0.122 e. The van der Waals surface area contributed by atoms with Crippen LogP contribution in [-0.2, 0) is 0 Å². The van der Waals surface area contributed by atoms with Crippen LogP contribution in [0.5, 0.6) is 5.75 Å². The first-order valence-corrected chi connectivity index (χ1v) is 6.60. The summed E-state index contributed by atoms with van der Waals surface area (Å²) in [7, 11) is 0. The number of aryl methyl sites for hydroxylation is 2. The molecule has 1 N–H and O–H groups in total. The molecular formula is C13H18BrNO. The van der Waals surface area contributed by atoms with Gasteiger partial charge in [-0.05, 0) is 63.0 Å². The van der Waals surface area contributed by atoms with Crippen LogP contribution < -0.4 is 10.1 Å². The van der Waals surface area contributed by atoms with Gasteiger partial charge >= 0.3 is 0 Å². The Labute approximate surface area is 106 Å². The lowest BCUT2D eigenvalue weighted by atomic mass is 10.1. The zero-order valence-corrected chi connectivity index (χ0v) is 11.4. The number of halogens is 1. The van der Waals surface area contributed by atoms with Crippen molar-refractivity contribution in [3.8, 4) is 5.75 Å². The van der Waals surface area contributed by atoms with E-state index in [2.05, 4.69) is 47.2 Å². The Kier molecular flexibility index (Phi) is 3.87. The molecule has 0 aliphatic carbocycles. The summed E-state index contributed by atoms with van der Waals surface area (Å²) < 4.78 is 7.22. The second-order valence-electron chi connectivity index (χ2n) is 4.43. The van der Waals surface area contributed by atoms with Crippen molar-refractivity contribution in [1.29, 1.82) is 0 Å². The van der Waals surface area contributed by atoms with E-state index in [1.807, 2.05) is 0 Å². The van der Waals surface area contributed by atoms with Gasteiger partial charge in [-0.2, -0.15) is 0 Å². The first-order valence-electron chi connectivity index (χ1n) is 5.81. The van der Waals surface area contributed by atoms with Crippen molar-refractivity contribution in [1.82, 2.24) is 5.32 Å². The lowest BCUT2D eigenvalue weighted by Crippen LogP contribution is -2.34. The molecule has 1 fully saturated rings. The number of ether oxygens (including phenoxy) is 1. The third-order valence-corrected chi connectivity index (χ3v) is 3.89. The van der Waals surface area contributed by atoms with Crippen LogP contribution in [0.25, 0.3) is 0 Å². The standard InChI is InChI=1S/C13H18BrNO/c1-9-8-13(10(2)7-12(9)14)16-11-3-5-15-6-4-11/h7-8,11,15H,3-6H2,1-2H3. The van der Waals surface area contributed by atoms with Gasteiger partial charge in [-0.25, -0.2) is 0 Å². The molecular weight excluding hydrogens is 266 g/mol. The summed E-state index contributed by atoms with van der Waals surface area (Å²) in [5.41, 5.74) is 2.44. The molecule has 0 saturated carbocycles. The monoisotopic (exact) mass is 283 g/mol. The zero-order valence-electron chi connectivity index (χ0n) is 9.85. The van der Waals surface area contributed by atoms with Crippen LogP contribution in [0.1, 0.15) is 24.0 Å². The van der Waals surface area contributed by atoms with E-state index >= 15 is 0 Å². The van der Waals surface area contributed by atoms with Crippen LogP contribution in [0, 0.1) is 13.8 Å². The van der Waals surface area contributed by atoms with E-state index in [0.717, 1.165) is 36.2 Å². The summed E-state index contributed by atoms with van der Waals surface area (Å²) in [4.78, 5) is 0. The van der Waals surface area contributed by atoms with Crippen molar-refractivity contribution in [2.24, 2.45) is 0 Å². The van der Waals surface area contributed by atoms with Crippen molar-refractivity contribution >= 4 is 15.9 Å². The molecule has 1 aliphatic rings. The molecule has 16 heavy (non-hydrogen) atoms. The first-order chi connectivity index (χ1) is 7.66. The molecule has 1 aliphatic heterocycles. The topological polar surface area (TPSA) is 21.3 Å². The molecule has 0 bridgehead atoms. The molecule has 1 heterocycles. The van der Waals surface area contributed by atoms with E-state index in [4.69, 9.17) is 4.74 Å². The summed E-state index contributed by atoms with van der Waals surface area (Å²) in [6.45, 7) is 6.33. The Bertz CT molecular complexity index is 372. The maximum absolute atomic E-state index is 6.06. The Balaban J connectivity index is 2.11. The minimum absolute atomic E-state index is 0.375. The molecule has 1 aromatic carbocycles. The highest BCUT2D eigenvalue weighted by molar-refractivity contribution is 9.10. The fourth-order valence-electron chi connectivity index (χ4n) is 1.97. The van der Waals surface area contributed by atoms with E-state index in [1.165, 1.54) is 11.1 Å². The van der Waals surface area contributed by atoms with E-state index in [1.54, 1.807) is 0 Å². The summed E-state index contributed by atoms with van der Waals surface area (Å²) in [6, 6.07) is 4.26. The molecule has 1 saturated heterocycles. The average molecular weight is 284 g/mol. The van der Waals surface area contributed by atoms with Crippen LogP contribution in [0.4, 0.5) is 0 Å². The number of hydrogen-bond acceptors (Lipinski definition) is 2. The van der Waals surface area contributed by atoms with Crippen molar-refractivity contribution in [2.75, 3.05) is 13.1 Å². The van der Waals surface area contributed by atoms with Crippen molar-refractivity contribution < 1.29 is 4.74 Å². The van der Waals surface area contributed by atoms with E-state index in [-0.39, 0.29) is 0 Å². The molecule has 1 aromatic rings. The van der Waals surface area contributed by atoms with Crippen LogP contribution in [0.2, 0.25) is 0 Å². The second kappa shape index (κ2) is 5.19. The molecule has 0 radical (unpaired) electrons. The van der Waals surface area contributed by atoms with Gasteiger partial charge in [-0.15, -0.1) is 0 Å². The number of piperidine rings is 1. The molecule has 2 nitrogen and oxygen atoms in total. The Morgan fingerprint density at radius 1 is 1.19 bits per heavy atom. The SMILES string of the molecule is Cc1cc(OC2CCNCC2)c(C)cc1Br. The predicted molar refractivity (Wildman–Crippen MR) is 70.1 cm³/mol. The second-order valence-corrected chi connectivity index (χ2v) is 5.29.